The highest BCUT2D eigenvalue weighted by molar-refractivity contribution is 7.14. The van der Waals surface area contributed by atoms with E-state index in [1.807, 2.05) is 6.07 Å². The predicted molar refractivity (Wildman–Crippen MR) is 127 cm³/mol. The second kappa shape index (κ2) is 10.8. The molecule has 0 bridgehead atoms. The van der Waals surface area contributed by atoms with Crippen molar-refractivity contribution in [2.75, 3.05) is 26.2 Å². The van der Waals surface area contributed by atoms with E-state index in [0.29, 0.717) is 17.3 Å². The van der Waals surface area contributed by atoms with Gasteiger partial charge in [0, 0.05) is 30.1 Å². The van der Waals surface area contributed by atoms with Gasteiger partial charge in [0.05, 0.1) is 12.3 Å². The molecule has 1 aliphatic heterocycles. The number of benzene rings is 2. The monoisotopic (exact) mass is 468 g/mol. The Morgan fingerprint density at radius 2 is 1.88 bits per heavy atom. The van der Waals surface area contributed by atoms with Crippen LogP contribution in [0.4, 0.5) is 8.78 Å². The van der Waals surface area contributed by atoms with Crippen LogP contribution >= 0.6 is 11.3 Å². The van der Waals surface area contributed by atoms with Gasteiger partial charge >= 0.3 is 5.97 Å². The summed E-state index contributed by atoms with van der Waals surface area (Å²) in [6, 6.07) is 12.8. The number of piperidine rings is 1. The van der Waals surface area contributed by atoms with Gasteiger partial charge in [-0.2, -0.15) is 0 Å². The number of halogens is 2. The number of aromatic nitrogens is 1. The van der Waals surface area contributed by atoms with Gasteiger partial charge < -0.3 is 9.64 Å². The van der Waals surface area contributed by atoms with Crippen LogP contribution in [0.3, 0.4) is 0 Å². The minimum atomic E-state index is -0.429. The summed E-state index contributed by atoms with van der Waals surface area (Å²) < 4.78 is 31.9. The first-order chi connectivity index (χ1) is 16.0. The maximum atomic E-state index is 13.4. The van der Waals surface area contributed by atoms with Crippen molar-refractivity contribution >= 4 is 23.4 Å². The summed E-state index contributed by atoms with van der Waals surface area (Å²) in [7, 11) is 0. The molecule has 2 heterocycles. The van der Waals surface area contributed by atoms with Crippen molar-refractivity contribution in [3.05, 3.63) is 81.2 Å². The number of hydrogen-bond acceptors (Lipinski definition) is 5. The van der Waals surface area contributed by atoms with Gasteiger partial charge in [0.15, 0.2) is 0 Å². The molecule has 172 valence electrons. The van der Waals surface area contributed by atoms with E-state index in [1.165, 1.54) is 35.1 Å². The van der Waals surface area contributed by atoms with Crippen LogP contribution in [-0.4, -0.2) is 42.1 Å². The molecule has 4 nitrogen and oxygen atoms in total. The number of carbonyl (C=O) groups is 1. The highest BCUT2D eigenvalue weighted by atomic mass is 32.1. The maximum Gasteiger partial charge on any atom is 0.367 e. The van der Waals surface area contributed by atoms with E-state index < -0.39 is 5.97 Å². The smallest absolute Gasteiger partial charge is 0.367 e. The summed E-state index contributed by atoms with van der Waals surface area (Å²) in [5.41, 5.74) is 3.73. The van der Waals surface area contributed by atoms with E-state index in [4.69, 9.17) is 4.74 Å². The molecule has 1 aliphatic rings. The van der Waals surface area contributed by atoms with Crippen molar-refractivity contribution in [1.82, 2.24) is 9.88 Å². The first-order valence-electron chi connectivity index (χ1n) is 11.1. The lowest BCUT2D eigenvalue weighted by atomic mass is 10.0. The van der Waals surface area contributed by atoms with Crippen LogP contribution in [0.25, 0.3) is 17.3 Å². The third-order valence-electron chi connectivity index (χ3n) is 5.64. The predicted octanol–water partition coefficient (Wildman–Crippen LogP) is 5.99. The first kappa shape index (κ1) is 23.3. The Balaban J connectivity index is 1.42. The Labute approximate surface area is 196 Å². The van der Waals surface area contributed by atoms with Crippen LogP contribution in [0, 0.1) is 11.6 Å². The zero-order valence-electron chi connectivity index (χ0n) is 18.5. The fourth-order valence-corrected chi connectivity index (χ4v) is 4.90. The molecular weight excluding hydrogens is 442 g/mol. The van der Waals surface area contributed by atoms with Crippen LogP contribution in [0.15, 0.2) is 54.1 Å². The second-order valence-corrected chi connectivity index (χ2v) is 9.05. The lowest BCUT2D eigenvalue weighted by Gasteiger charge is -2.28. The van der Waals surface area contributed by atoms with Crippen LogP contribution in [-0.2, 0) is 11.2 Å². The van der Waals surface area contributed by atoms with Crippen LogP contribution in [0.1, 0.15) is 40.0 Å². The van der Waals surface area contributed by atoms with Gasteiger partial charge in [-0.3, -0.25) is 0 Å². The molecule has 0 aliphatic carbocycles. The van der Waals surface area contributed by atoms with E-state index in [9.17, 15) is 13.6 Å². The number of ether oxygens (including phenoxy) is 1. The Morgan fingerprint density at radius 3 is 2.58 bits per heavy atom. The zero-order chi connectivity index (χ0) is 23.2. The van der Waals surface area contributed by atoms with E-state index in [0.717, 1.165) is 54.9 Å². The summed E-state index contributed by atoms with van der Waals surface area (Å²) in [4.78, 5) is 20.1. The van der Waals surface area contributed by atoms with E-state index in [-0.39, 0.29) is 11.6 Å². The molecular formula is C26H26F2N2O2S. The van der Waals surface area contributed by atoms with Crippen molar-refractivity contribution in [3.63, 3.8) is 0 Å². The number of thiazole rings is 1. The maximum absolute atomic E-state index is 13.4. The van der Waals surface area contributed by atoms with Gasteiger partial charge in [0.1, 0.15) is 11.6 Å². The van der Waals surface area contributed by atoms with E-state index in [2.05, 4.69) is 16.0 Å². The normalized spacial score (nSPS) is 14.3. The van der Waals surface area contributed by atoms with Gasteiger partial charge in [-0.15, -0.1) is 11.3 Å². The number of rotatable bonds is 7. The fraction of sp³-hybridized carbons (Fsp3) is 0.308. The van der Waals surface area contributed by atoms with Crippen molar-refractivity contribution in [2.24, 2.45) is 0 Å². The zero-order valence-corrected chi connectivity index (χ0v) is 19.3. The quantitative estimate of drug-likeness (QED) is 0.400. The van der Waals surface area contributed by atoms with Gasteiger partial charge in [0.25, 0.3) is 0 Å². The largest absolute Gasteiger partial charge is 0.461 e. The number of hydrogen-bond donors (Lipinski definition) is 0. The molecule has 33 heavy (non-hydrogen) atoms. The summed E-state index contributed by atoms with van der Waals surface area (Å²) in [6.07, 6.45) is 4.71. The van der Waals surface area contributed by atoms with Crippen molar-refractivity contribution in [1.29, 1.82) is 0 Å². The molecule has 0 amide bonds. The Kier molecular flexibility index (Phi) is 7.62. The average Bonchev–Trinajstić information content (AvgIpc) is 3.24. The SMILES string of the molecule is CCOC(=O)c1nc(-c2ccc(F)cc2)c(CCN2CCC(=Cc3cccc(F)c3)CC2)s1. The van der Waals surface area contributed by atoms with Crippen LogP contribution in [0.2, 0.25) is 0 Å². The molecule has 0 spiro atoms. The minimum absolute atomic E-state index is 0.217. The molecule has 1 fully saturated rings. The molecule has 0 saturated carbocycles. The Morgan fingerprint density at radius 1 is 1.12 bits per heavy atom. The summed E-state index contributed by atoms with van der Waals surface area (Å²) in [5.74, 6) is -0.954. The Bertz CT molecular complexity index is 1130. The highest BCUT2D eigenvalue weighted by Crippen LogP contribution is 2.30. The van der Waals surface area contributed by atoms with Gasteiger partial charge in [-0.05, 0) is 68.1 Å². The molecule has 3 aromatic rings. The van der Waals surface area contributed by atoms with E-state index >= 15 is 0 Å². The second-order valence-electron chi connectivity index (χ2n) is 7.97. The van der Waals surface area contributed by atoms with Crippen molar-refractivity contribution in [2.45, 2.75) is 26.2 Å². The van der Waals surface area contributed by atoms with Crippen molar-refractivity contribution < 1.29 is 18.3 Å². The number of carbonyl (C=O) groups excluding carboxylic acids is 1. The lowest BCUT2D eigenvalue weighted by Crippen LogP contribution is -2.32. The molecule has 0 N–H and O–H groups in total. The van der Waals surface area contributed by atoms with E-state index in [1.54, 1.807) is 31.2 Å². The fourth-order valence-electron chi connectivity index (χ4n) is 3.93. The van der Waals surface area contributed by atoms with Gasteiger partial charge in [-0.1, -0.05) is 23.8 Å². The molecule has 1 aromatic heterocycles. The third kappa shape index (κ3) is 6.12. The molecule has 7 heteroatoms. The molecule has 1 saturated heterocycles. The van der Waals surface area contributed by atoms with Crippen LogP contribution in [0.5, 0.6) is 0 Å². The summed E-state index contributed by atoms with van der Waals surface area (Å²) >= 11 is 1.35. The molecule has 0 atom stereocenters. The standard InChI is InChI=1S/C26H26F2N2O2S/c1-2-32-26(31)25-29-24(20-6-8-21(27)9-7-20)23(33-25)12-15-30-13-10-18(11-14-30)16-19-4-3-5-22(28)17-19/h3-9,16-17H,2,10-15H2,1H3. The summed E-state index contributed by atoms with van der Waals surface area (Å²) in [6.45, 7) is 4.75. The number of esters is 1. The molecule has 0 radical (unpaired) electrons. The number of likely N-dealkylation sites (tertiary alicyclic amines) is 1. The molecule has 4 rings (SSSR count). The lowest BCUT2D eigenvalue weighted by molar-refractivity contribution is 0.0526. The van der Waals surface area contributed by atoms with Crippen LogP contribution < -0.4 is 0 Å². The molecule has 0 unspecified atom stereocenters. The van der Waals surface area contributed by atoms with Gasteiger partial charge in [0.2, 0.25) is 5.01 Å². The highest BCUT2D eigenvalue weighted by Gasteiger charge is 2.21. The summed E-state index contributed by atoms with van der Waals surface area (Å²) in [5, 5.41) is 0.324. The Hall–Kier alpha value is -2.90. The topological polar surface area (TPSA) is 42.4 Å². The molecule has 2 aromatic carbocycles. The van der Waals surface area contributed by atoms with Gasteiger partial charge in [-0.25, -0.2) is 18.6 Å². The van der Waals surface area contributed by atoms with Crippen molar-refractivity contribution in [3.8, 4) is 11.3 Å². The average molecular weight is 469 g/mol. The number of nitrogens with zero attached hydrogens (tertiary/aromatic N) is 2. The first-order valence-corrected chi connectivity index (χ1v) is 11.9. The third-order valence-corrected chi connectivity index (χ3v) is 6.73. The minimum Gasteiger partial charge on any atom is -0.461 e.